The Kier molecular flexibility index (Phi) is 9.72. The summed E-state index contributed by atoms with van der Waals surface area (Å²) in [7, 11) is -4.03. The summed E-state index contributed by atoms with van der Waals surface area (Å²) in [6.07, 6.45) is 2.29. The van der Waals surface area contributed by atoms with Gasteiger partial charge < -0.3 is 40.8 Å². The van der Waals surface area contributed by atoms with Gasteiger partial charge in [-0.1, -0.05) is 24.3 Å². The lowest BCUT2D eigenvalue weighted by Crippen LogP contribution is -2.36. The first kappa shape index (κ1) is 33.8. The van der Waals surface area contributed by atoms with Gasteiger partial charge in [-0.3, -0.25) is 8.75 Å². The largest absolute Gasteiger partial charge is 0.394 e. The molecule has 1 aliphatic heterocycles. The molecule has 1 saturated carbocycles. The van der Waals surface area contributed by atoms with Gasteiger partial charge >= 0.3 is 16.0 Å². The third-order valence-electron chi connectivity index (χ3n) is 8.96. The van der Waals surface area contributed by atoms with Crippen molar-refractivity contribution in [3.63, 3.8) is 0 Å². The molecule has 1 saturated heterocycles. The van der Waals surface area contributed by atoms with Crippen molar-refractivity contribution < 1.29 is 37.8 Å². The van der Waals surface area contributed by atoms with Crippen LogP contribution < -0.4 is 21.9 Å². The van der Waals surface area contributed by atoms with Gasteiger partial charge in [0, 0.05) is 18.2 Å². The monoisotopic (exact) mass is 687 g/mol. The first-order valence-electron chi connectivity index (χ1n) is 15.3. The first-order chi connectivity index (χ1) is 22.9. The Labute approximate surface area is 274 Å². The van der Waals surface area contributed by atoms with Crippen molar-refractivity contribution in [2.45, 2.75) is 68.4 Å². The number of aromatic nitrogens is 6. The molecular weight excluding hydrogens is 650 g/mol. The van der Waals surface area contributed by atoms with Gasteiger partial charge in [-0.15, -0.1) is 0 Å². The standard InChI is InChI=1S/C21H25N5O4S.C8H12N4O5/c22-31(28,29)30-11-14-9-15(10-19(14)27)26-8-7-17-20(23-12-24-21(17)26)25-18-6-5-13-3-1-2-4-16(13)18;9-7-10-2-12(8(16)11-7)6-5(15)4(14)3(1-13)17-6/h1-4,7-8,12,14-15,18-19,27H,5-6,9-11H2,(H2,22,28,29)(H,23,24,25);2-6,13-15H,1H2,(H2,9,11,16)/t14-,15+,18-,19-;3-,4-,5-,6-/m01/s1. The predicted molar refractivity (Wildman–Crippen MR) is 169 cm³/mol. The van der Waals surface area contributed by atoms with Crippen LogP contribution in [0.5, 0.6) is 0 Å². The van der Waals surface area contributed by atoms with E-state index in [4.69, 9.17) is 24.9 Å². The fourth-order valence-corrected chi connectivity index (χ4v) is 6.92. The molecule has 0 radical (unpaired) electrons. The molecule has 2 aliphatic carbocycles. The molecule has 4 heterocycles. The molecule has 2 fully saturated rings. The SMILES string of the molecule is NS(=O)(=O)OC[C@@H]1C[C@@H](n2ccc3c(N[C@H]4CCc5ccccc54)ncnc32)C[C@@H]1O.Nc1ncn([C@@H]2O[C@H](CO)[C@@H](O)[C@H]2O)c(=O)n1. The second-order valence-corrected chi connectivity index (χ2v) is 13.2. The van der Waals surface area contributed by atoms with Gasteiger partial charge in [0.15, 0.2) is 6.23 Å². The van der Waals surface area contributed by atoms with E-state index in [9.17, 15) is 28.5 Å². The molecule has 3 aromatic heterocycles. The fraction of sp³-hybridized carbons (Fsp3) is 0.483. The van der Waals surface area contributed by atoms with E-state index >= 15 is 0 Å². The quantitative estimate of drug-likeness (QED) is 0.116. The van der Waals surface area contributed by atoms with Crippen molar-refractivity contribution in [1.29, 1.82) is 0 Å². The van der Waals surface area contributed by atoms with E-state index in [1.807, 2.05) is 16.8 Å². The van der Waals surface area contributed by atoms with Crippen LogP contribution in [0.25, 0.3) is 11.0 Å². The molecule has 0 bridgehead atoms. The number of hydrogen-bond donors (Lipinski definition) is 7. The van der Waals surface area contributed by atoms with E-state index in [0.29, 0.717) is 12.8 Å². The lowest BCUT2D eigenvalue weighted by atomic mass is 10.1. The Balaban J connectivity index is 0.000000200. The van der Waals surface area contributed by atoms with Crippen molar-refractivity contribution in [1.82, 2.24) is 29.1 Å². The van der Waals surface area contributed by atoms with E-state index in [1.54, 1.807) is 6.33 Å². The average Bonchev–Trinajstić information content (AvgIpc) is 3.82. The number of nitrogens with zero attached hydrogens (tertiary/aromatic N) is 6. The summed E-state index contributed by atoms with van der Waals surface area (Å²) in [6, 6.07) is 10.6. The maximum atomic E-state index is 11.5. The van der Waals surface area contributed by atoms with Crippen molar-refractivity contribution >= 4 is 33.1 Å². The van der Waals surface area contributed by atoms with Crippen LogP contribution in [0, 0.1) is 5.92 Å². The number of aliphatic hydroxyl groups is 4. The predicted octanol–water partition coefficient (Wildman–Crippen LogP) is -1.11. The number of aliphatic hydroxyl groups excluding tert-OH is 4. The van der Waals surface area contributed by atoms with Crippen molar-refractivity contribution in [2.24, 2.45) is 11.1 Å². The van der Waals surface area contributed by atoms with Gasteiger partial charge in [-0.2, -0.15) is 13.4 Å². The van der Waals surface area contributed by atoms with Crippen molar-refractivity contribution in [2.75, 3.05) is 24.3 Å². The summed E-state index contributed by atoms with van der Waals surface area (Å²) in [5.41, 5.74) is 7.92. The zero-order valence-electron chi connectivity index (χ0n) is 25.6. The summed E-state index contributed by atoms with van der Waals surface area (Å²) in [6.45, 7) is -0.599. The Hall–Kier alpha value is -4.08. The van der Waals surface area contributed by atoms with Crippen molar-refractivity contribution in [3.8, 4) is 0 Å². The zero-order chi connectivity index (χ0) is 34.2. The van der Waals surface area contributed by atoms with E-state index in [1.165, 1.54) is 11.1 Å². The minimum atomic E-state index is -4.03. The molecule has 0 spiro atoms. The molecule has 18 nitrogen and oxygen atoms in total. The van der Waals surface area contributed by atoms with Gasteiger partial charge in [0.2, 0.25) is 5.95 Å². The van der Waals surface area contributed by atoms with Gasteiger partial charge in [-0.05, 0) is 42.9 Å². The number of nitrogens with one attached hydrogen (secondary N) is 1. The normalized spacial score (nSPS) is 28.3. The van der Waals surface area contributed by atoms with Crippen LogP contribution in [0.15, 0.2) is 54.0 Å². The Bertz CT molecular complexity index is 1920. The van der Waals surface area contributed by atoms with Crippen LogP contribution in [0.1, 0.15) is 48.7 Å². The summed E-state index contributed by atoms with van der Waals surface area (Å²) >= 11 is 0. The van der Waals surface area contributed by atoms with Gasteiger partial charge in [0.25, 0.3) is 0 Å². The van der Waals surface area contributed by atoms with E-state index < -0.39 is 53.2 Å². The lowest BCUT2D eigenvalue weighted by molar-refractivity contribution is -0.0554. The molecule has 7 rings (SSSR count). The number of rotatable bonds is 8. The number of fused-ring (bicyclic) bond motifs is 2. The third-order valence-corrected chi connectivity index (χ3v) is 9.43. The summed E-state index contributed by atoms with van der Waals surface area (Å²) in [4.78, 5) is 27.4. The number of hydrogen-bond acceptors (Lipinski definition) is 15. The molecule has 1 aromatic carbocycles. The summed E-state index contributed by atoms with van der Waals surface area (Å²) < 4.78 is 34.9. The van der Waals surface area contributed by atoms with Crippen LogP contribution in [-0.2, 0) is 25.6 Å². The second-order valence-electron chi connectivity index (χ2n) is 12.0. The highest BCUT2D eigenvalue weighted by molar-refractivity contribution is 7.84. The maximum Gasteiger partial charge on any atom is 0.354 e. The topological polar surface area (TPSA) is 276 Å². The number of ether oxygens (including phenoxy) is 1. The second kappa shape index (κ2) is 13.8. The third kappa shape index (κ3) is 7.03. The lowest BCUT2D eigenvalue weighted by Gasteiger charge is -2.16. The van der Waals surface area contributed by atoms with Crippen LogP contribution >= 0.6 is 0 Å². The summed E-state index contributed by atoms with van der Waals surface area (Å²) in [5, 5.41) is 47.9. The number of nitrogen functional groups attached to an aromatic ring is 1. The number of aryl methyl sites for hydroxylation is 1. The highest BCUT2D eigenvalue weighted by atomic mass is 32.2. The van der Waals surface area contributed by atoms with Crippen LogP contribution in [0.2, 0.25) is 0 Å². The van der Waals surface area contributed by atoms with Crippen molar-refractivity contribution in [3.05, 3.63) is 70.8 Å². The number of benzene rings is 1. The molecule has 0 unspecified atom stereocenters. The number of nitrogens with two attached hydrogens (primary N) is 2. The molecule has 9 N–H and O–H groups in total. The first-order valence-corrected chi connectivity index (χ1v) is 16.7. The molecule has 258 valence electrons. The molecule has 0 amide bonds. The molecule has 3 aliphatic rings. The van der Waals surface area contributed by atoms with Gasteiger partial charge in [-0.25, -0.2) is 24.9 Å². The minimum Gasteiger partial charge on any atom is -0.394 e. The Morgan fingerprint density at radius 1 is 1.06 bits per heavy atom. The molecule has 19 heteroatoms. The Morgan fingerprint density at radius 3 is 2.58 bits per heavy atom. The zero-order valence-corrected chi connectivity index (χ0v) is 26.4. The van der Waals surface area contributed by atoms with E-state index in [2.05, 4.69) is 49.5 Å². The van der Waals surface area contributed by atoms with Crippen LogP contribution in [-0.4, -0.2) is 95.5 Å². The van der Waals surface area contributed by atoms with E-state index in [-0.39, 0.29) is 30.6 Å². The minimum absolute atomic E-state index is 0.0171. The molecule has 8 atom stereocenters. The van der Waals surface area contributed by atoms with Crippen LogP contribution in [0.4, 0.5) is 11.8 Å². The average molecular weight is 688 g/mol. The highest BCUT2D eigenvalue weighted by Gasteiger charge is 2.44. The molecule has 48 heavy (non-hydrogen) atoms. The summed E-state index contributed by atoms with van der Waals surface area (Å²) in [5.74, 6) is 0.284. The fourth-order valence-electron chi connectivity index (χ4n) is 6.55. The highest BCUT2D eigenvalue weighted by Crippen LogP contribution is 2.39. The Morgan fingerprint density at radius 2 is 1.85 bits per heavy atom. The maximum absolute atomic E-state index is 11.5. The molecule has 4 aromatic rings. The van der Waals surface area contributed by atoms with Gasteiger partial charge in [0.1, 0.15) is 42.4 Å². The molecular formula is C29H37N9O9S. The van der Waals surface area contributed by atoms with E-state index in [0.717, 1.165) is 40.6 Å². The smallest absolute Gasteiger partial charge is 0.354 e. The van der Waals surface area contributed by atoms with Gasteiger partial charge in [0.05, 0.1) is 30.7 Å². The van der Waals surface area contributed by atoms with Crippen LogP contribution in [0.3, 0.4) is 0 Å². The number of anilines is 2.